The lowest BCUT2D eigenvalue weighted by Crippen LogP contribution is -2.13. The summed E-state index contributed by atoms with van der Waals surface area (Å²) in [6.07, 6.45) is 5.05. The number of hydrogen-bond donors (Lipinski definition) is 1. The highest BCUT2D eigenvalue weighted by atomic mass is 16.5. The Bertz CT molecular complexity index is 97.8. The molecule has 0 spiro atoms. The minimum Gasteiger partial charge on any atom is -0.379 e. The first-order valence-electron chi connectivity index (χ1n) is 6.28. The van der Waals surface area contributed by atoms with Crippen molar-refractivity contribution in [3.05, 3.63) is 0 Å². The predicted octanol–water partition coefficient (Wildman–Crippen LogP) is 2.21. The van der Waals surface area contributed by atoms with Crippen LogP contribution in [0.4, 0.5) is 0 Å². The van der Waals surface area contributed by atoms with Crippen molar-refractivity contribution in [3.63, 3.8) is 0 Å². The quantitative estimate of drug-likeness (QED) is 0.508. The van der Waals surface area contributed by atoms with Gasteiger partial charge in [-0.25, -0.2) is 0 Å². The molecule has 0 bridgehead atoms. The number of unbranched alkanes of at least 4 members (excludes halogenated alkanes) is 3. The van der Waals surface area contributed by atoms with Crippen molar-refractivity contribution in [1.82, 2.24) is 5.32 Å². The van der Waals surface area contributed by atoms with E-state index in [1.54, 1.807) is 0 Å². The van der Waals surface area contributed by atoms with Gasteiger partial charge in [0.2, 0.25) is 0 Å². The molecule has 0 unspecified atom stereocenters. The second-order valence-corrected chi connectivity index (χ2v) is 3.58. The fraction of sp³-hybridized carbons (Fsp3) is 1.00. The molecular weight excluding hydrogens is 190 g/mol. The molecule has 0 saturated heterocycles. The Kier molecular flexibility index (Phi) is 13.8. The van der Waals surface area contributed by atoms with Gasteiger partial charge in [0.15, 0.2) is 0 Å². The Balaban J connectivity index is 2.81. The van der Waals surface area contributed by atoms with Crippen LogP contribution in [-0.4, -0.2) is 39.5 Å². The second kappa shape index (κ2) is 13.9. The third kappa shape index (κ3) is 13.9. The van der Waals surface area contributed by atoms with Gasteiger partial charge < -0.3 is 14.8 Å². The smallest absolute Gasteiger partial charge is 0.0700 e. The van der Waals surface area contributed by atoms with Crippen LogP contribution in [0.2, 0.25) is 0 Å². The van der Waals surface area contributed by atoms with Crippen LogP contribution in [0.3, 0.4) is 0 Å². The molecule has 0 amide bonds. The molecule has 0 aromatic carbocycles. The summed E-state index contributed by atoms with van der Waals surface area (Å²) in [5.74, 6) is 0. The van der Waals surface area contributed by atoms with E-state index in [1.165, 1.54) is 25.7 Å². The molecule has 0 aliphatic heterocycles. The first kappa shape index (κ1) is 14.9. The molecule has 0 aromatic rings. The van der Waals surface area contributed by atoms with Gasteiger partial charge in [0.25, 0.3) is 0 Å². The Morgan fingerprint density at radius 2 is 1.53 bits per heavy atom. The second-order valence-electron chi connectivity index (χ2n) is 3.58. The van der Waals surface area contributed by atoms with Gasteiger partial charge in [0, 0.05) is 13.2 Å². The van der Waals surface area contributed by atoms with Gasteiger partial charge >= 0.3 is 0 Å². The van der Waals surface area contributed by atoms with E-state index in [1.807, 2.05) is 6.92 Å². The van der Waals surface area contributed by atoms with Crippen molar-refractivity contribution in [2.45, 2.75) is 39.5 Å². The molecule has 0 fully saturated rings. The minimum atomic E-state index is 0.733. The maximum absolute atomic E-state index is 5.42. The summed E-state index contributed by atoms with van der Waals surface area (Å²) in [6, 6.07) is 0. The summed E-state index contributed by atoms with van der Waals surface area (Å²) < 4.78 is 10.6. The standard InChI is InChI=1S/C12H27NO2/c1-3-13-9-7-5-6-8-10-15-12-11-14-4-2/h13H,3-12H2,1-2H3. The third-order valence-electron chi connectivity index (χ3n) is 2.22. The zero-order chi connectivity index (χ0) is 11.2. The van der Waals surface area contributed by atoms with Crippen LogP contribution in [0.25, 0.3) is 0 Å². The van der Waals surface area contributed by atoms with Gasteiger partial charge in [-0.15, -0.1) is 0 Å². The van der Waals surface area contributed by atoms with Crippen LogP contribution >= 0.6 is 0 Å². The first-order chi connectivity index (χ1) is 7.41. The number of ether oxygens (including phenoxy) is 2. The summed E-state index contributed by atoms with van der Waals surface area (Å²) in [5, 5.41) is 3.33. The van der Waals surface area contributed by atoms with Crippen LogP contribution in [0, 0.1) is 0 Å². The van der Waals surface area contributed by atoms with Gasteiger partial charge in [-0.3, -0.25) is 0 Å². The minimum absolute atomic E-state index is 0.733. The van der Waals surface area contributed by atoms with E-state index in [0.717, 1.165) is 39.5 Å². The lowest BCUT2D eigenvalue weighted by molar-refractivity contribution is 0.0513. The fourth-order valence-corrected chi connectivity index (χ4v) is 1.35. The summed E-state index contributed by atoms with van der Waals surface area (Å²) in [5.41, 5.74) is 0. The van der Waals surface area contributed by atoms with Crippen LogP contribution in [-0.2, 0) is 9.47 Å². The number of rotatable bonds is 12. The Hall–Kier alpha value is -0.120. The topological polar surface area (TPSA) is 30.5 Å². The average molecular weight is 217 g/mol. The highest BCUT2D eigenvalue weighted by Crippen LogP contribution is 1.99. The Labute approximate surface area is 94.5 Å². The van der Waals surface area contributed by atoms with Crippen molar-refractivity contribution in [3.8, 4) is 0 Å². The molecule has 3 nitrogen and oxygen atoms in total. The summed E-state index contributed by atoms with van der Waals surface area (Å²) in [4.78, 5) is 0. The molecule has 0 aliphatic carbocycles. The van der Waals surface area contributed by atoms with Crippen LogP contribution in [0.15, 0.2) is 0 Å². The molecular formula is C12H27NO2. The van der Waals surface area contributed by atoms with Gasteiger partial charge in [-0.05, 0) is 32.9 Å². The lowest BCUT2D eigenvalue weighted by atomic mass is 10.2. The van der Waals surface area contributed by atoms with Gasteiger partial charge in [0.05, 0.1) is 13.2 Å². The van der Waals surface area contributed by atoms with Gasteiger partial charge in [-0.2, -0.15) is 0 Å². The first-order valence-corrected chi connectivity index (χ1v) is 6.28. The van der Waals surface area contributed by atoms with Gasteiger partial charge in [-0.1, -0.05) is 19.8 Å². The number of hydrogen-bond acceptors (Lipinski definition) is 3. The molecule has 15 heavy (non-hydrogen) atoms. The predicted molar refractivity (Wildman–Crippen MR) is 64.3 cm³/mol. The summed E-state index contributed by atoms with van der Waals surface area (Å²) in [6.45, 7) is 9.53. The van der Waals surface area contributed by atoms with Crippen LogP contribution in [0.5, 0.6) is 0 Å². The zero-order valence-corrected chi connectivity index (χ0v) is 10.4. The molecule has 92 valence electrons. The van der Waals surface area contributed by atoms with Crippen LogP contribution in [0.1, 0.15) is 39.5 Å². The largest absolute Gasteiger partial charge is 0.379 e. The molecule has 0 saturated carbocycles. The monoisotopic (exact) mass is 217 g/mol. The molecule has 0 heterocycles. The molecule has 0 rings (SSSR count). The van der Waals surface area contributed by atoms with E-state index in [4.69, 9.17) is 9.47 Å². The van der Waals surface area contributed by atoms with E-state index in [2.05, 4.69) is 12.2 Å². The third-order valence-corrected chi connectivity index (χ3v) is 2.22. The van der Waals surface area contributed by atoms with Crippen molar-refractivity contribution in [2.24, 2.45) is 0 Å². The average Bonchev–Trinajstić information content (AvgIpc) is 2.26. The normalized spacial score (nSPS) is 10.8. The van der Waals surface area contributed by atoms with Crippen molar-refractivity contribution >= 4 is 0 Å². The van der Waals surface area contributed by atoms with Crippen molar-refractivity contribution in [2.75, 3.05) is 39.5 Å². The lowest BCUT2D eigenvalue weighted by Gasteiger charge is -2.04. The van der Waals surface area contributed by atoms with E-state index in [9.17, 15) is 0 Å². The summed E-state index contributed by atoms with van der Waals surface area (Å²) in [7, 11) is 0. The van der Waals surface area contributed by atoms with E-state index >= 15 is 0 Å². The van der Waals surface area contributed by atoms with E-state index in [0.29, 0.717) is 0 Å². The van der Waals surface area contributed by atoms with Crippen LogP contribution < -0.4 is 5.32 Å². The SMILES string of the molecule is CCNCCCCCCOCCOCC. The van der Waals surface area contributed by atoms with E-state index in [-0.39, 0.29) is 0 Å². The van der Waals surface area contributed by atoms with E-state index < -0.39 is 0 Å². The molecule has 0 aromatic heterocycles. The zero-order valence-electron chi connectivity index (χ0n) is 10.4. The maximum Gasteiger partial charge on any atom is 0.0700 e. The van der Waals surface area contributed by atoms with Crippen molar-refractivity contribution in [1.29, 1.82) is 0 Å². The maximum atomic E-state index is 5.42. The molecule has 1 N–H and O–H groups in total. The summed E-state index contributed by atoms with van der Waals surface area (Å²) >= 11 is 0. The highest BCUT2D eigenvalue weighted by molar-refractivity contribution is 4.46. The molecule has 0 radical (unpaired) electrons. The fourth-order valence-electron chi connectivity index (χ4n) is 1.35. The number of nitrogens with one attached hydrogen (secondary N) is 1. The highest BCUT2D eigenvalue weighted by Gasteiger charge is 1.91. The Morgan fingerprint density at radius 1 is 0.800 bits per heavy atom. The molecule has 3 heteroatoms. The molecule has 0 aliphatic rings. The Morgan fingerprint density at radius 3 is 2.27 bits per heavy atom. The molecule has 0 atom stereocenters. The van der Waals surface area contributed by atoms with Gasteiger partial charge in [0.1, 0.15) is 0 Å². The van der Waals surface area contributed by atoms with Crippen molar-refractivity contribution < 1.29 is 9.47 Å².